The average molecular weight is 349 g/mol. The standard InChI is InChI=1S/C20H19N3O3/c1-3-13(2)26-16-6-4-5-14(9-16)12-23-8-7-18-17(20(23)25)10-15(11-21)19(24)22-18/h4-10,13H,3,12H2,1-2H3,(H,22,24)/t13-/m1/s1. The van der Waals surface area contributed by atoms with Crippen molar-refractivity contribution >= 4 is 10.9 Å². The highest BCUT2D eigenvalue weighted by atomic mass is 16.5. The lowest BCUT2D eigenvalue weighted by atomic mass is 10.2. The Morgan fingerprint density at radius 2 is 2.08 bits per heavy atom. The molecular formula is C20H19N3O3. The number of fused-ring (bicyclic) bond motifs is 1. The zero-order valence-electron chi connectivity index (χ0n) is 14.7. The Morgan fingerprint density at radius 3 is 2.81 bits per heavy atom. The highest BCUT2D eigenvalue weighted by Gasteiger charge is 2.09. The smallest absolute Gasteiger partial charge is 0.266 e. The maximum atomic E-state index is 12.7. The summed E-state index contributed by atoms with van der Waals surface area (Å²) in [6.45, 7) is 4.44. The fraction of sp³-hybridized carbons (Fsp3) is 0.250. The minimum Gasteiger partial charge on any atom is -0.491 e. The molecule has 6 heteroatoms. The van der Waals surface area contributed by atoms with Gasteiger partial charge in [-0.1, -0.05) is 19.1 Å². The van der Waals surface area contributed by atoms with Gasteiger partial charge in [0.15, 0.2) is 0 Å². The minimum atomic E-state index is -0.493. The van der Waals surface area contributed by atoms with Gasteiger partial charge in [0.05, 0.1) is 23.6 Å². The highest BCUT2D eigenvalue weighted by molar-refractivity contribution is 5.78. The summed E-state index contributed by atoms with van der Waals surface area (Å²) < 4.78 is 7.37. The molecule has 0 spiro atoms. The van der Waals surface area contributed by atoms with Gasteiger partial charge < -0.3 is 14.3 Å². The SMILES string of the molecule is CC[C@@H](C)Oc1cccc(Cn2ccc3[nH]c(=O)c(C#N)cc3c2=O)c1. The molecule has 0 aliphatic heterocycles. The van der Waals surface area contributed by atoms with E-state index in [0.717, 1.165) is 17.7 Å². The number of nitrogens with zero attached hydrogens (tertiary/aromatic N) is 2. The number of hydrogen-bond acceptors (Lipinski definition) is 4. The molecule has 1 N–H and O–H groups in total. The first-order chi connectivity index (χ1) is 12.5. The molecule has 0 unspecified atom stereocenters. The largest absolute Gasteiger partial charge is 0.491 e. The first-order valence-electron chi connectivity index (χ1n) is 8.44. The van der Waals surface area contributed by atoms with Crippen LogP contribution in [0.25, 0.3) is 10.9 Å². The molecule has 26 heavy (non-hydrogen) atoms. The van der Waals surface area contributed by atoms with Gasteiger partial charge in [0.1, 0.15) is 17.4 Å². The van der Waals surface area contributed by atoms with E-state index in [2.05, 4.69) is 11.9 Å². The number of hydrogen-bond donors (Lipinski definition) is 1. The van der Waals surface area contributed by atoms with E-state index in [9.17, 15) is 9.59 Å². The maximum absolute atomic E-state index is 12.7. The van der Waals surface area contributed by atoms with E-state index in [1.54, 1.807) is 22.9 Å². The molecule has 1 aromatic carbocycles. The monoisotopic (exact) mass is 349 g/mol. The quantitative estimate of drug-likeness (QED) is 0.767. The van der Waals surface area contributed by atoms with Gasteiger partial charge in [-0.05, 0) is 43.2 Å². The van der Waals surface area contributed by atoms with E-state index in [4.69, 9.17) is 10.00 Å². The van der Waals surface area contributed by atoms with Gasteiger partial charge in [0.2, 0.25) is 0 Å². The fourth-order valence-corrected chi connectivity index (χ4v) is 2.68. The third-order valence-corrected chi connectivity index (χ3v) is 4.27. The predicted octanol–water partition coefficient (Wildman–Crippen LogP) is 2.79. The average Bonchev–Trinajstić information content (AvgIpc) is 2.64. The van der Waals surface area contributed by atoms with Crippen LogP contribution in [-0.4, -0.2) is 15.7 Å². The normalized spacial score (nSPS) is 11.9. The molecular weight excluding hydrogens is 330 g/mol. The van der Waals surface area contributed by atoms with Crippen LogP contribution in [0.2, 0.25) is 0 Å². The fourth-order valence-electron chi connectivity index (χ4n) is 2.68. The summed E-state index contributed by atoms with van der Waals surface area (Å²) in [6.07, 6.45) is 2.66. The molecule has 3 aromatic rings. The summed E-state index contributed by atoms with van der Waals surface area (Å²) in [5.74, 6) is 0.766. The highest BCUT2D eigenvalue weighted by Crippen LogP contribution is 2.17. The third kappa shape index (κ3) is 3.52. The second kappa shape index (κ2) is 7.28. The number of aromatic amines is 1. The minimum absolute atomic E-state index is 0.0729. The Labute approximate surface area is 150 Å². The number of pyridine rings is 2. The molecule has 6 nitrogen and oxygen atoms in total. The molecule has 0 saturated carbocycles. The van der Waals surface area contributed by atoms with Gasteiger partial charge >= 0.3 is 0 Å². The second-order valence-electron chi connectivity index (χ2n) is 6.18. The van der Waals surface area contributed by atoms with Crippen LogP contribution in [0.15, 0.2) is 52.2 Å². The van der Waals surface area contributed by atoms with Crippen molar-refractivity contribution in [2.24, 2.45) is 0 Å². The number of ether oxygens (including phenoxy) is 1. The summed E-state index contributed by atoms with van der Waals surface area (Å²) >= 11 is 0. The van der Waals surface area contributed by atoms with E-state index in [1.807, 2.05) is 31.2 Å². The summed E-state index contributed by atoms with van der Waals surface area (Å²) in [5, 5.41) is 9.32. The van der Waals surface area contributed by atoms with Crippen molar-refractivity contribution in [2.45, 2.75) is 32.9 Å². The second-order valence-corrected chi connectivity index (χ2v) is 6.18. The Hall–Kier alpha value is -3.33. The van der Waals surface area contributed by atoms with Crippen LogP contribution >= 0.6 is 0 Å². The number of aromatic nitrogens is 2. The van der Waals surface area contributed by atoms with Crippen molar-refractivity contribution < 1.29 is 4.74 Å². The van der Waals surface area contributed by atoms with E-state index in [1.165, 1.54) is 6.07 Å². The summed E-state index contributed by atoms with van der Waals surface area (Å²) in [7, 11) is 0. The van der Waals surface area contributed by atoms with E-state index in [0.29, 0.717) is 17.4 Å². The molecule has 2 heterocycles. The van der Waals surface area contributed by atoms with Gasteiger partial charge in [-0.15, -0.1) is 0 Å². The van der Waals surface area contributed by atoms with E-state index >= 15 is 0 Å². The molecule has 1 atom stereocenters. The third-order valence-electron chi connectivity index (χ3n) is 4.27. The number of nitriles is 1. The van der Waals surface area contributed by atoms with Crippen molar-refractivity contribution in [2.75, 3.05) is 0 Å². The Balaban J connectivity index is 1.97. The van der Waals surface area contributed by atoms with E-state index in [-0.39, 0.29) is 17.2 Å². The lowest BCUT2D eigenvalue weighted by molar-refractivity contribution is 0.217. The molecule has 132 valence electrons. The summed E-state index contributed by atoms with van der Waals surface area (Å²) in [6, 6.07) is 12.4. The lowest BCUT2D eigenvalue weighted by Crippen LogP contribution is -2.22. The molecule has 0 aliphatic rings. The zero-order chi connectivity index (χ0) is 18.7. The van der Waals surface area contributed by atoms with E-state index < -0.39 is 5.56 Å². The molecule has 0 fully saturated rings. The maximum Gasteiger partial charge on any atom is 0.266 e. The van der Waals surface area contributed by atoms with Crippen molar-refractivity contribution in [1.29, 1.82) is 5.26 Å². The Bertz CT molecular complexity index is 1110. The van der Waals surface area contributed by atoms with Crippen LogP contribution in [-0.2, 0) is 6.54 Å². The number of H-pyrrole nitrogens is 1. The molecule has 0 aliphatic carbocycles. The van der Waals surface area contributed by atoms with Crippen LogP contribution in [0.4, 0.5) is 0 Å². The zero-order valence-corrected chi connectivity index (χ0v) is 14.7. The van der Waals surface area contributed by atoms with Crippen LogP contribution < -0.4 is 15.9 Å². The number of rotatable bonds is 5. The summed E-state index contributed by atoms with van der Waals surface area (Å²) in [4.78, 5) is 27.0. The van der Waals surface area contributed by atoms with Crippen molar-refractivity contribution in [3.63, 3.8) is 0 Å². The van der Waals surface area contributed by atoms with Gasteiger partial charge in [0.25, 0.3) is 11.1 Å². The molecule has 0 saturated heterocycles. The van der Waals surface area contributed by atoms with Crippen LogP contribution in [0, 0.1) is 11.3 Å². The summed E-state index contributed by atoms with van der Waals surface area (Å²) in [5.41, 5.74) is 0.521. The van der Waals surface area contributed by atoms with Crippen molar-refractivity contribution in [1.82, 2.24) is 9.55 Å². The first-order valence-corrected chi connectivity index (χ1v) is 8.44. The number of benzene rings is 1. The van der Waals surface area contributed by atoms with Crippen LogP contribution in [0.3, 0.4) is 0 Å². The topological polar surface area (TPSA) is 87.9 Å². The lowest BCUT2D eigenvalue weighted by Gasteiger charge is -2.14. The predicted molar refractivity (Wildman–Crippen MR) is 99.5 cm³/mol. The molecule has 0 amide bonds. The first kappa shape index (κ1) is 17.5. The molecule has 3 rings (SSSR count). The van der Waals surface area contributed by atoms with Gasteiger partial charge in [-0.25, -0.2) is 0 Å². The van der Waals surface area contributed by atoms with Crippen molar-refractivity contribution in [3.8, 4) is 11.8 Å². The van der Waals surface area contributed by atoms with Crippen molar-refractivity contribution in [3.05, 3.63) is 74.4 Å². The molecule has 0 radical (unpaired) electrons. The van der Waals surface area contributed by atoms with Gasteiger partial charge in [-0.3, -0.25) is 9.59 Å². The Morgan fingerprint density at radius 1 is 1.27 bits per heavy atom. The molecule has 2 aromatic heterocycles. The van der Waals surface area contributed by atoms with Crippen LogP contribution in [0.1, 0.15) is 31.4 Å². The Kier molecular flexibility index (Phi) is 4.90. The number of nitrogens with one attached hydrogen (secondary N) is 1. The van der Waals surface area contributed by atoms with Gasteiger partial charge in [0, 0.05) is 6.20 Å². The van der Waals surface area contributed by atoms with Crippen LogP contribution in [0.5, 0.6) is 5.75 Å². The molecule has 0 bridgehead atoms. The van der Waals surface area contributed by atoms with Gasteiger partial charge in [-0.2, -0.15) is 5.26 Å².